The van der Waals surface area contributed by atoms with Crippen molar-refractivity contribution < 1.29 is 14.3 Å². The van der Waals surface area contributed by atoms with E-state index in [9.17, 15) is 9.59 Å². The van der Waals surface area contributed by atoms with Crippen LogP contribution in [0.25, 0.3) is 0 Å². The molecule has 27 heavy (non-hydrogen) atoms. The number of hydrogen-bond acceptors (Lipinski definition) is 3. The Bertz CT molecular complexity index is 752. The van der Waals surface area contributed by atoms with Crippen LogP contribution in [0.3, 0.4) is 0 Å². The number of nitrogens with one attached hydrogen (secondary N) is 1. The standard InChI is InChI=1S/C23H27NO3/c1-18(19-10-4-2-5-11-19)16-24-21(25)17-27-22(26)23(14-8-9-15-23)20-12-6-3-7-13-20/h2-7,10-13,18H,8-9,14-17H2,1H3,(H,24,25)/t18-/m0/s1. The molecule has 142 valence electrons. The molecule has 0 bridgehead atoms. The summed E-state index contributed by atoms with van der Waals surface area (Å²) in [7, 11) is 0. The Morgan fingerprint density at radius 3 is 2.22 bits per heavy atom. The summed E-state index contributed by atoms with van der Waals surface area (Å²) in [5.74, 6) is -0.332. The molecular formula is C23H27NO3. The Hall–Kier alpha value is -2.62. The third-order valence-corrected chi connectivity index (χ3v) is 5.48. The van der Waals surface area contributed by atoms with E-state index in [1.165, 1.54) is 5.56 Å². The number of carbonyl (C=O) groups excluding carboxylic acids is 2. The van der Waals surface area contributed by atoms with Crippen LogP contribution in [0.1, 0.15) is 49.7 Å². The molecule has 0 aromatic heterocycles. The number of hydrogen-bond donors (Lipinski definition) is 1. The van der Waals surface area contributed by atoms with E-state index in [4.69, 9.17) is 4.74 Å². The summed E-state index contributed by atoms with van der Waals surface area (Å²) >= 11 is 0. The van der Waals surface area contributed by atoms with Crippen LogP contribution >= 0.6 is 0 Å². The van der Waals surface area contributed by atoms with Crippen LogP contribution in [0.4, 0.5) is 0 Å². The van der Waals surface area contributed by atoms with E-state index < -0.39 is 5.41 Å². The van der Waals surface area contributed by atoms with Crippen molar-refractivity contribution in [2.45, 2.75) is 43.9 Å². The van der Waals surface area contributed by atoms with Crippen LogP contribution < -0.4 is 5.32 Å². The fourth-order valence-electron chi connectivity index (χ4n) is 3.83. The predicted octanol–water partition coefficient (Wildman–Crippen LogP) is 3.96. The fourth-order valence-corrected chi connectivity index (χ4v) is 3.83. The molecule has 3 rings (SSSR count). The summed E-state index contributed by atoms with van der Waals surface area (Å²) in [5, 5.41) is 2.86. The topological polar surface area (TPSA) is 55.4 Å². The molecule has 4 heteroatoms. The molecule has 1 saturated carbocycles. The van der Waals surface area contributed by atoms with E-state index in [1.807, 2.05) is 60.7 Å². The lowest BCUT2D eigenvalue weighted by molar-refractivity contribution is -0.154. The first-order valence-electron chi connectivity index (χ1n) is 9.66. The van der Waals surface area contributed by atoms with Crippen molar-refractivity contribution in [2.75, 3.05) is 13.2 Å². The van der Waals surface area contributed by atoms with Gasteiger partial charge in [-0.3, -0.25) is 9.59 Å². The van der Waals surface area contributed by atoms with Crippen LogP contribution in [0, 0.1) is 0 Å². The van der Waals surface area contributed by atoms with Gasteiger partial charge in [0, 0.05) is 6.54 Å². The third kappa shape index (κ3) is 4.57. The van der Waals surface area contributed by atoms with Gasteiger partial charge in [-0.05, 0) is 29.9 Å². The molecule has 1 aliphatic rings. The minimum Gasteiger partial charge on any atom is -0.455 e. The Labute approximate surface area is 160 Å². The van der Waals surface area contributed by atoms with Crippen LogP contribution in [0.2, 0.25) is 0 Å². The van der Waals surface area contributed by atoms with Gasteiger partial charge in [-0.25, -0.2) is 0 Å². The second kappa shape index (κ2) is 8.85. The van der Waals surface area contributed by atoms with Gasteiger partial charge in [0.2, 0.25) is 0 Å². The van der Waals surface area contributed by atoms with Crippen molar-refractivity contribution >= 4 is 11.9 Å². The summed E-state index contributed by atoms with van der Waals surface area (Å²) in [6, 6.07) is 19.8. The average Bonchev–Trinajstić information content (AvgIpc) is 3.23. The van der Waals surface area contributed by atoms with Gasteiger partial charge in [-0.15, -0.1) is 0 Å². The molecule has 1 atom stereocenters. The quantitative estimate of drug-likeness (QED) is 0.756. The van der Waals surface area contributed by atoms with Gasteiger partial charge in [0.1, 0.15) is 0 Å². The maximum absolute atomic E-state index is 12.8. The zero-order chi connectivity index (χ0) is 19.1. The van der Waals surface area contributed by atoms with Crippen LogP contribution in [0.5, 0.6) is 0 Å². The van der Waals surface area contributed by atoms with E-state index in [2.05, 4.69) is 12.2 Å². The number of ether oxygens (including phenoxy) is 1. The first-order valence-corrected chi connectivity index (χ1v) is 9.66. The first kappa shape index (κ1) is 19.2. The highest BCUT2D eigenvalue weighted by atomic mass is 16.5. The molecule has 0 radical (unpaired) electrons. The zero-order valence-corrected chi connectivity index (χ0v) is 15.8. The van der Waals surface area contributed by atoms with Gasteiger partial charge >= 0.3 is 5.97 Å². The number of rotatable bonds is 7. The second-order valence-electron chi connectivity index (χ2n) is 7.35. The molecule has 0 aliphatic heterocycles. The van der Waals surface area contributed by atoms with E-state index in [1.54, 1.807) is 0 Å². The predicted molar refractivity (Wildman–Crippen MR) is 105 cm³/mol. The van der Waals surface area contributed by atoms with Gasteiger partial charge < -0.3 is 10.1 Å². The molecule has 1 aliphatic carbocycles. The van der Waals surface area contributed by atoms with Gasteiger partial charge in [0.15, 0.2) is 6.61 Å². The highest BCUT2D eigenvalue weighted by Crippen LogP contribution is 2.42. The van der Waals surface area contributed by atoms with Gasteiger partial charge in [0.05, 0.1) is 5.41 Å². The lowest BCUT2D eigenvalue weighted by atomic mass is 9.79. The average molecular weight is 365 g/mol. The summed E-state index contributed by atoms with van der Waals surface area (Å²) < 4.78 is 5.43. The molecule has 0 saturated heterocycles. The summed E-state index contributed by atoms with van der Waals surface area (Å²) in [6.07, 6.45) is 3.57. The number of amides is 1. The molecule has 0 unspecified atom stereocenters. The van der Waals surface area contributed by atoms with Crippen molar-refractivity contribution in [3.8, 4) is 0 Å². The highest BCUT2D eigenvalue weighted by molar-refractivity contribution is 5.86. The Morgan fingerprint density at radius 1 is 1.00 bits per heavy atom. The van der Waals surface area contributed by atoms with Crippen LogP contribution in [-0.4, -0.2) is 25.0 Å². The molecular weight excluding hydrogens is 338 g/mol. The minimum atomic E-state index is -0.598. The second-order valence-corrected chi connectivity index (χ2v) is 7.35. The van der Waals surface area contributed by atoms with Crippen molar-refractivity contribution in [1.82, 2.24) is 5.32 Å². The Kier molecular flexibility index (Phi) is 6.28. The largest absolute Gasteiger partial charge is 0.455 e. The van der Waals surface area contributed by atoms with Crippen molar-refractivity contribution in [3.05, 3.63) is 71.8 Å². The molecule has 1 amide bonds. The molecule has 1 fully saturated rings. The minimum absolute atomic E-state index is 0.205. The zero-order valence-electron chi connectivity index (χ0n) is 15.8. The van der Waals surface area contributed by atoms with E-state index in [-0.39, 0.29) is 24.4 Å². The van der Waals surface area contributed by atoms with Gasteiger partial charge in [0.25, 0.3) is 5.91 Å². The SMILES string of the molecule is C[C@@H](CNC(=O)COC(=O)C1(c2ccccc2)CCCC1)c1ccccc1. The molecule has 0 heterocycles. The van der Waals surface area contributed by atoms with Crippen molar-refractivity contribution in [3.63, 3.8) is 0 Å². The maximum Gasteiger partial charge on any atom is 0.317 e. The Balaban J connectivity index is 1.53. The fraction of sp³-hybridized carbons (Fsp3) is 0.391. The van der Waals surface area contributed by atoms with E-state index in [0.717, 1.165) is 31.2 Å². The first-order chi connectivity index (χ1) is 13.1. The molecule has 4 nitrogen and oxygen atoms in total. The monoisotopic (exact) mass is 365 g/mol. The lowest BCUT2D eigenvalue weighted by Crippen LogP contribution is -2.38. The normalized spacial score (nSPS) is 16.5. The maximum atomic E-state index is 12.8. The summed E-state index contributed by atoms with van der Waals surface area (Å²) in [4.78, 5) is 25.0. The van der Waals surface area contributed by atoms with Gasteiger partial charge in [-0.2, -0.15) is 0 Å². The van der Waals surface area contributed by atoms with Crippen LogP contribution in [-0.2, 0) is 19.7 Å². The number of esters is 1. The van der Waals surface area contributed by atoms with E-state index in [0.29, 0.717) is 6.54 Å². The molecule has 2 aromatic rings. The van der Waals surface area contributed by atoms with Crippen molar-refractivity contribution in [2.24, 2.45) is 0 Å². The smallest absolute Gasteiger partial charge is 0.317 e. The summed E-state index contributed by atoms with van der Waals surface area (Å²) in [5.41, 5.74) is 1.56. The molecule has 0 spiro atoms. The van der Waals surface area contributed by atoms with E-state index >= 15 is 0 Å². The Morgan fingerprint density at radius 2 is 1.59 bits per heavy atom. The third-order valence-electron chi connectivity index (χ3n) is 5.48. The van der Waals surface area contributed by atoms with Crippen molar-refractivity contribution in [1.29, 1.82) is 0 Å². The molecule has 1 N–H and O–H groups in total. The molecule has 2 aromatic carbocycles. The van der Waals surface area contributed by atoms with Crippen LogP contribution in [0.15, 0.2) is 60.7 Å². The number of carbonyl (C=O) groups is 2. The number of benzene rings is 2. The highest BCUT2D eigenvalue weighted by Gasteiger charge is 2.44. The van der Waals surface area contributed by atoms with Gasteiger partial charge in [-0.1, -0.05) is 80.4 Å². The lowest BCUT2D eigenvalue weighted by Gasteiger charge is -2.27. The summed E-state index contributed by atoms with van der Waals surface area (Å²) in [6.45, 7) is 2.35.